The lowest BCUT2D eigenvalue weighted by atomic mass is 10.1. The monoisotopic (exact) mass is 487 g/mol. The Morgan fingerprint density at radius 2 is 1.80 bits per heavy atom. The minimum Gasteiger partial charge on any atom is -0.378 e. The lowest BCUT2D eigenvalue weighted by molar-refractivity contribution is 0.0303. The molecule has 1 aliphatic rings. The average molecular weight is 488 g/mol. The fourth-order valence-electron chi connectivity index (χ4n) is 4.09. The molecule has 5 rings (SSSR count). The number of nitrogens with zero attached hydrogens (tertiary/aromatic N) is 4. The number of carbonyl (C=O) groups is 2. The van der Waals surface area contributed by atoms with Crippen LogP contribution in [0.25, 0.3) is 10.4 Å². The van der Waals surface area contributed by atoms with Gasteiger partial charge in [-0.3, -0.25) is 9.59 Å². The average Bonchev–Trinajstić information content (AvgIpc) is 3.52. The van der Waals surface area contributed by atoms with Gasteiger partial charge in [-0.25, -0.2) is 9.67 Å². The third kappa shape index (κ3) is 5.01. The summed E-state index contributed by atoms with van der Waals surface area (Å²) in [7, 11) is 0. The molecule has 2 aromatic heterocycles. The molecule has 0 aliphatic carbocycles. The standard InChI is InChI=1S/C26H25N5O3S/c1-18-22(26(33)30-11-13-34-14-12-30)25(35-23(18)20-5-3-2-4-6-20)29-24(32)21-9-7-19(8-10-21)15-31-17-27-16-28-31/h2-10,16-17H,11-15H2,1H3,(H,29,32). The Morgan fingerprint density at radius 3 is 2.49 bits per heavy atom. The van der Waals surface area contributed by atoms with Crippen molar-refractivity contribution in [2.45, 2.75) is 13.5 Å². The largest absolute Gasteiger partial charge is 0.378 e. The van der Waals surface area contributed by atoms with Gasteiger partial charge in [0.05, 0.1) is 25.3 Å². The SMILES string of the molecule is Cc1c(-c2ccccc2)sc(NC(=O)c2ccc(Cn3cncn3)cc2)c1C(=O)N1CCOCC1. The Morgan fingerprint density at radius 1 is 1.06 bits per heavy atom. The van der Waals surface area contributed by atoms with Gasteiger partial charge >= 0.3 is 0 Å². The van der Waals surface area contributed by atoms with E-state index in [4.69, 9.17) is 4.74 Å². The normalized spacial score (nSPS) is 13.6. The van der Waals surface area contributed by atoms with E-state index in [1.807, 2.05) is 49.4 Å². The molecule has 0 atom stereocenters. The van der Waals surface area contributed by atoms with Gasteiger partial charge in [0.1, 0.15) is 17.7 Å². The number of carbonyl (C=O) groups excluding carboxylic acids is 2. The predicted molar refractivity (Wildman–Crippen MR) is 135 cm³/mol. The second-order valence-corrected chi connectivity index (χ2v) is 9.30. The summed E-state index contributed by atoms with van der Waals surface area (Å²) in [4.78, 5) is 33.4. The highest BCUT2D eigenvalue weighted by atomic mass is 32.1. The highest BCUT2D eigenvalue weighted by Crippen LogP contribution is 2.40. The van der Waals surface area contributed by atoms with E-state index in [1.165, 1.54) is 17.7 Å². The zero-order chi connectivity index (χ0) is 24.2. The van der Waals surface area contributed by atoms with Gasteiger partial charge in [0, 0.05) is 23.5 Å². The van der Waals surface area contributed by atoms with Crippen molar-refractivity contribution in [3.63, 3.8) is 0 Å². The molecule has 1 aliphatic heterocycles. The van der Waals surface area contributed by atoms with Crippen LogP contribution in [0.15, 0.2) is 67.3 Å². The van der Waals surface area contributed by atoms with Crippen molar-refractivity contribution in [2.24, 2.45) is 0 Å². The summed E-state index contributed by atoms with van der Waals surface area (Å²) in [5.41, 5.74) is 3.96. The van der Waals surface area contributed by atoms with Crippen molar-refractivity contribution in [3.05, 3.63) is 89.5 Å². The number of ether oxygens (including phenoxy) is 1. The van der Waals surface area contributed by atoms with Crippen molar-refractivity contribution in [1.82, 2.24) is 19.7 Å². The molecule has 0 unspecified atom stereocenters. The van der Waals surface area contributed by atoms with Gasteiger partial charge in [-0.1, -0.05) is 42.5 Å². The van der Waals surface area contributed by atoms with Gasteiger partial charge in [-0.05, 0) is 35.7 Å². The Bertz CT molecular complexity index is 1310. The van der Waals surface area contributed by atoms with Crippen molar-refractivity contribution in [1.29, 1.82) is 0 Å². The molecule has 0 spiro atoms. The number of hydrogen-bond donors (Lipinski definition) is 1. The van der Waals surface area contributed by atoms with Gasteiger partial charge < -0.3 is 15.0 Å². The lowest BCUT2D eigenvalue weighted by Gasteiger charge is -2.27. The maximum absolute atomic E-state index is 13.5. The number of aromatic nitrogens is 3. The van der Waals surface area contributed by atoms with E-state index >= 15 is 0 Å². The van der Waals surface area contributed by atoms with Crippen LogP contribution in [-0.4, -0.2) is 57.8 Å². The van der Waals surface area contributed by atoms with Crippen LogP contribution in [0.4, 0.5) is 5.00 Å². The van der Waals surface area contributed by atoms with Crippen molar-refractivity contribution in [3.8, 4) is 10.4 Å². The van der Waals surface area contributed by atoms with Gasteiger partial charge in [-0.2, -0.15) is 5.10 Å². The molecule has 0 saturated carbocycles. The van der Waals surface area contributed by atoms with Crippen molar-refractivity contribution >= 4 is 28.2 Å². The van der Waals surface area contributed by atoms with Gasteiger partial charge in [-0.15, -0.1) is 11.3 Å². The lowest BCUT2D eigenvalue weighted by Crippen LogP contribution is -2.41. The molecule has 0 radical (unpaired) electrons. The van der Waals surface area contributed by atoms with E-state index in [0.29, 0.717) is 49.0 Å². The molecule has 2 aromatic carbocycles. The van der Waals surface area contributed by atoms with Crippen LogP contribution in [0.2, 0.25) is 0 Å². The quantitative estimate of drug-likeness (QED) is 0.443. The molecule has 1 fully saturated rings. The summed E-state index contributed by atoms with van der Waals surface area (Å²) >= 11 is 1.43. The Kier molecular flexibility index (Phi) is 6.69. The van der Waals surface area contributed by atoms with Gasteiger partial charge in [0.2, 0.25) is 0 Å². The molecular weight excluding hydrogens is 462 g/mol. The van der Waals surface area contributed by atoms with Crippen LogP contribution in [0, 0.1) is 6.92 Å². The minimum absolute atomic E-state index is 0.0808. The number of thiophene rings is 1. The number of hydrogen-bond acceptors (Lipinski definition) is 6. The number of benzene rings is 2. The van der Waals surface area contributed by atoms with Crippen LogP contribution in [0.5, 0.6) is 0 Å². The Balaban J connectivity index is 1.42. The van der Waals surface area contributed by atoms with Gasteiger partial charge in [0.15, 0.2) is 0 Å². The fraction of sp³-hybridized carbons (Fsp3) is 0.231. The van der Waals surface area contributed by atoms with Crippen LogP contribution < -0.4 is 5.32 Å². The molecule has 0 bridgehead atoms. The Hall–Kier alpha value is -3.82. The van der Waals surface area contributed by atoms with Crippen molar-refractivity contribution in [2.75, 3.05) is 31.6 Å². The Labute approximate surface area is 207 Å². The molecule has 4 aromatic rings. The molecule has 9 heteroatoms. The van der Waals surface area contributed by atoms with E-state index in [9.17, 15) is 9.59 Å². The molecule has 2 amide bonds. The smallest absolute Gasteiger partial charge is 0.257 e. The number of amides is 2. The molecule has 3 heterocycles. The highest BCUT2D eigenvalue weighted by molar-refractivity contribution is 7.20. The van der Waals surface area contributed by atoms with Crippen LogP contribution >= 0.6 is 11.3 Å². The molecule has 1 N–H and O–H groups in total. The summed E-state index contributed by atoms with van der Waals surface area (Å²) in [6.45, 7) is 4.63. The van der Waals surface area contributed by atoms with Crippen LogP contribution in [-0.2, 0) is 11.3 Å². The summed E-state index contributed by atoms with van der Waals surface area (Å²) in [5, 5.41) is 7.69. The van der Waals surface area contributed by atoms with E-state index in [-0.39, 0.29) is 11.8 Å². The third-order valence-electron chi connectivity index (χ3n) is 5.95. The highest BCUT2D eigenvalue weighted by Gasteiger charge is 2.28. The third-order valence-corrected chi connectivity index (χ3v) is 7.21. The van der Waals surface area contributed by atoms with E-state index < -0.39 is 0 Å². The molecule has 1 saturated heterocycles. The van der Waals surface area contributed by atoms with E-state index in [1.54, 1.807) is 28.0 Å². The zero-order valence-corrected chi connectivity index (χ0v) is 20.1. The number of morpholine rings is 1. The van der Waals surface area contributed by atoms with Crippen LogP contribution in [0.1, 0.15) is 31.8 Å². The zero-order valence-electron chi connectivity index (χ0n) is 19.3. The van der Waals surface area contributed by atoms with E-state index in [2.05, 4.69) is 15.4 Å². The summed E-state index contributed by atoms with van der Waals surface area (Å²) in [5.74, 6) is -0.336. The number of anilines is 1. The first kappa shape index (κ1) is 22.9. The summed E-state index contributed by atoms with van der Waals surface area (Å²) in [6.07, 6.45) is 3.14. The maximum Gasteiger partial charge on any atom is 0.257 e. The molecule has 8 nitrogen and oxygen atoms in total. The molecule has 35 heavy (non-hydrogen) atoms. The molecular formula is C26H25N5O3S. The molecule has 178 valence electrons. The topological polar surface area (TPSA) is 89.3 Å². The first-order valence-electron chi connectivity index (χ1n) is 11.4. The number of nitrogens with one attached hydrogen (secondary N) is 1. The van der Waals surface area contributed by atoms with Gasteiger partial charge in [0.25, 0.3) is 11.8 Å². The fourth-order valence-corrected chi connectivity index (χ4v) is 5.29. The summed E-state index contributed by atoms with van der Waals surface area (Å²) < 4.78 is 7.14. The van der Waals surface area contributed by atoms with Crippen LogP contribution in [0.3, 0.4) is 0 Å². The first-order chi connectivity index (χ1) is 17.1. The van der Waals surface area contributed by atoms with E-state index in [0.717, 1.165) is 21.6 Å². The summed E-state index contributed by atoms with van der Waals surface area (Å²) in [6, 6.07) is 17.3. The second kappa shape index (κ2) is 10.2. The minimum atomic E-state index is -0.255. The number of rotatable bonds is 6. The first-order valence-corrected chi connectivity index (χ1v) is 12.2. The maximum atomic E-state index is 13.5. The second-order valence-electron chi connectivity index (χ2n) is 8.28. The van der Waals surface area contributed by atoms with Crippen molar-refractivity contribution < 1.29 is 14.3 Å². The predicted octanol–water partition coefficient (Wildman–Crippen LogP) is 4.09.